The van der Waals surface area contributed by atoms with Crippen molar-refractivity contribution < 1.29 is 34.1 Å². The number of carboxylic acids is 1. The fourth-order valence-electron chi connectivity index (χ4n) is 8.60. The van der Waals surface area contributed by atoms with Crippen molar-refractivity contribution in [2.75, 3.05) is 6.54 Å². The van der Waals surface area contributed by atoms with E-state index in [0.717, 1.165) is 44.9 Å². The molecule has 1 saturated heterocycles. The number of aliphatic hydroxyl groups excluding tert-OH is 1. The molecule has 0 bridgehead atoms. The lowest BCUT2D eigenvalue weighted by molar-refractivity contribution is -0.161. The molecule has 5 aliphatic rings. The molecule has 5 rings (SSSR count). The number of carbonyl (C=O) groups is 4. The summed E-state index contributed by atoms with van der Waals surface area (Å²) >= 11 is 0. The van der Waals surface area contributed by atoms with Crippen molar-refractivity contribution in [1.82, 2.24) is 4.90 Å². The predicted molar refractivity (Wildman–Crippen MR) is 130 cm³/mol. The summed E-state index contributed by atoms with van der Waals surface area (Å²) in [4.78, 5) is 50.0. The van der Waals surface area contributed by atoms with Gasteiger partial charge in [-0.2, -0.15) is 0 Å². The van der Waals surface area contributed by atoms with Gasteiger partial charge in [-0.25, -0.2) is 4.79 Å². The third-order valence-corrected chi connectivity index (χ3v) is 10.6. The van der Waals surface area contributed by atoms with Crippen LogP contribution in [0.3, 0.4) is 0 Å². The van der Waals surface area contributed by atoms with Crippen molar-refractivity contribution in [3.8, 4) is 0 Å². The number of rotatable bonds is 5. The van der Waals surface area contributed by atoms with Gasteiger partial charge in [-0.3, -0.25) is 14.4 Å². The Morgan fingerprint density at radius 1 is 1.06 bits per heavy atom. The van der Waals surface area contributed by atoms with Crippen molar-refractivity contribution in [2.24, 2.45) is 28.6 Å². The first-order chi connectivity index (χ1) is 17.0. The number of ketones is 1. The van der Waals surface area contributed by atoms with Gasteiger partial charge in [0.25, 0.3) is 0 Å². The summed E-state index contributed by atoms with van der Waals surface area (Å²) in [6.45, 7) is 4.62. The van der Waals surface area contributed by atoms with Crippen LogP contribution in [0.4, 0.5) is 0 Å². The minimum absolute atomic E-state index is 0.0141. The fraction of sp³-hybridized carbons (Fsp3) is 0.786. The molecule has 0 radical (unpaired) electrons. The number of hydrogen-bond acceptors (Lipinski definition) is 6. The Hall–Kier alpha value is -2.22. The monoisotopic (exact) mass is 501 g/mol. The quantitative estimate of drug-likeness (QED) is 0.555. The van der Waals surface area contributed by atoms with Crippen molar-refractivity contribution in [3.63, 3.8) is 0 Å². The van der Waals surface area contributed by atoms with Crippen LogP contribution in [-0.2, 0) is 23.9 Å². The van der Waals surface area contributed by atoms with Gasteiger partial charge in [0.05, 0.1) is 12.5 Å². The average Bonchev–Trinajstić information content (AvgIpc) is 3.38. The zero-order chi connectivity index (χ0) is 25.8. The number of likely N-dealkylation sites (tertiary alicyclic amines) is 1. The molecule has 198 valence electrons. The molecule has 8 nitrogen and oxygen atoms in total. The van der Waals surface area contributed by atoms with Crippen molar-refractivity contribution in [3.05, 3.63) is 11.6 Å². The van der Waals surface area contributed by atoms with Crippen LogP contribution in [0, 0.1) is 28.6 Å². The third-order valence-electron chi connectivity index (χ3n) is 10.6. The number of carbonyl (C=O) groups excluding carboxylic acids is 3. The zero-order valence-electron chi connectivity index (χ0n) is 21.4. The maximum atomic E-state index is 12.8. The van der Waals surface area contributed by atoms with E-state index in [1.54, 1.807) is 0 Å². The second-order valence-electron chi connectivity index (χ2n) is 12.4. The molecule has 3 saturated carbocycles. The number of esters is 1. The number of hydrogen-bond donors (Lipinski definition) is 2. The van der Waals surface area contributed by atoms with E-state index < -0.39 is 30.0 Å². The first-order valence-electron chi connectivity index (χ1n) is 13.7. The molecule has 1 heterocycles. The highest BCUT2D eigenvalue weighted by Gasteiger charge is 2.60. The van der Waals surface area contributed by atoms with Gasteiger partial charge in [0, 0.05) is 31.2 Å². The first kappa shape index (κ1) is 25.4. The van der Waals surface area contributed by atoms with E-state index in [1.165, 1.54) is 10.5 Å². The highest BCUT2D eigenvalue weighted by molar-refractivity contribution is 5.91. The van der Waals surface area contributed by atoms with Gasteiger partial charge in [-0.1, -0.05) is 19.4 Å². The Morgan fingerprint density at radius 3 is 2.58 bits per heavy atom. The van der Waals surface area contributed by atoms with E-state index in [9.17, 15) is 29.4 Å². The van der Waals surface area contributed by atoms with Gasteiger partial charge >= 0.3 is 11.9 Å². The van der Waals surface area contributed by atoms with Crippen LogP contribution < -0.4 is 0 Å². The normalized spacial score (nSPS) is 41.7. The Kier molecular flexibility index (Phi) is 6.54. The molecular weight excluding hydrogens is 462 g/mol. The molecule has 0 aromatic carbocycles. The number of aliphatic carboxylic acids is 1. The number of β-amino-alcohol motifs (C(OH)–C–C–N with tert-alkyl or cyclic N) is 1. The topological polar surface area (TPSA) is 121 Å². The second kappa shape index (κ2) is 9.26. The number of ether oxygens (including phenoxy) is 1. The van der Waals surface area contributed by atoms with Gasteiger partial charge in [0.15, 0.2) is 5.78 Å². The minimum atomic E-state index is -1.14. The molecule has 4 fully saturated rings. The molecule has 1 amide bonds. The second-order valence-corrected chi connectivity index (χ2v) is 12.4. The summed E-state index contributed by atoms with van der Waals surface area (Å²) in [6, 6.07) is -1.04. The molecule has 8 atom stereocenters. The van der Waals surface area contributed by atoms with Crippen LogP contribution in [0.1, 0.15) is 84.5 Å². The standard InChI is InChI=1S/C28H39NO7/c1-27-11-9-17(30)13-16(27)3-4-19-20-5-6-23(28(20,2)12-10-21(19)27)36-25(33)8-7-24(32)29-15-18(31)14-22(29)26(34)35/h13,18-23,31H,3-12,14-15H2,1-2H3,(H,34,35)/t18-,19+,20+,21+,22+,23-,27+,28+/m1/s1. The van der Waals surface area contributed by atoms with Gasteiger partial charge in [-0.15, -0.1) is 0 Å². The van der Waals surface area contributed by atoms with Crippen LogP contribution in [-0.4, -0.2) is 63.5 Å². The summed E-state index contributed by atoms with van der Waals surface area (Å²) in [5.74, 6) is -0.0520. The number of nitrogens with zero attached hydrogens (tertiary/aromatic N) is 1. The van der Waals surface area contributed by atoms with Crippen LogP contribution in [0.25, 0.3) is 0 Å². The van der Waals surface area contributed by atoms with E-state index in [2.05, 4.69) is 13.8 Å². The summed E-state index contributed by atoms with van der Waals surface area (Å²) < 4.78 is 5.99. The smallest absolute Gasteiger partial charge is 0.326 e. The molecular formula is C28H39NO7. The van der Waals surface area contributed by atoms with Gasteiger partial charge < -0.3 is 19.8 Å². The lowest BCUT2D eigenvalue weighted by Crippen LogP contribution is -2.51. The van der Waals surface area contributed by atoms with Crippen LogP contribution >= 0.6 is 0 Å². The van der Waals surface area contributed by atoms with E-state index in [-0.39, 0.29) is 48.5 Å². The highest BCUT2D eigenvalue weighted by Crippen LogP contribution is 2.65. The molecule has 36 heavy (non-hydrogen) atoms. The molecule has 2 N–H and O–H groups in total. The summed E-state index contributed by atoms with van der Waals surface area (Å²) in [6.07, 6.45) is 8.37. The Labute approximate surface area is 212 Å². The molecule has 1 aliphatic heterocycles. The van der Waals surface area contributed by atoms with E-state index >= 15 is 0 Å². The molecule has 4 aliphatic carbocycles. The number of carboxylic acid groups (broad SMARTS) is 1. The average molecular weight is 502 g/mol. The van der Waals surface area contributed by atoms with Crippen LogP contribution in [0.5, 0.6) is 0 Å². The molecule has 0 aromatic heterocycles. The van der Waals surface area contributed by atoms with Crippen LogP contribution in [0.15, 0.2) is 11.6 Å². The third kappa shape index (κ3) is 4.19. The number of aliphatic hydroxyl groups is 1. The highest BCUT2D eigenvalue weighted by atomic mass is 16.5. The van der Waals surface area contributed by atoms with E-state index in [0.29, 0.717) is 24.2 Å². The summed E-state index contributed by atoms with van der Waals surface area (Å²) in [7, 11) is 0. The lowest BCUT2D eigenvalue weighted by Gasteiger charge is -2.57. The van der Waals surface area contributed by atoms with Gasteiger partial charge in [0.2, 0.25) is 5.91 Å². The van der Waals surface area contributed by atoms with Crippen LogP contribution in [0.2, 0.25) is 0 Å². The van der Waals surface area contributed by atoms with Crippen molar-refractivity contribution in [1.29, 1.82) is 0 Å². The zero-order valence-corrected chi connectivity index (χ0v) is 21.4. The minimum Gasteiger partial charge on any atom is -0.480 e. The predicted octanol–water partition coefficient (Wildman–Crippen LogP) is 3.26. The Balaban J connectivity index is 1.19. The van der Waals surface area contributed by atoms with Gasteiger partial charge in [0.1, 0.15) is 12.1 Å². The molecule has 0 spiro atoms. The molecule has 8 heteroatoms. The fourth-order valence-corrected chi connectivity index (χ4v) is 8.60. The van der Waals surface area contributed by atoms with Crippen molar-refractivity contribution in [2.45, 2.75) is 103 Å². The maximum absolute atomic E-state index is 12.8. The maximum Gasteiger partial charge on any atom is 0.326 e. The number of amides is 1. The Morgan fingerprint density at radius 2 is 1.83 bits per heavy atom. The first-order valence-corrected chi connectivity index (χ1v) is 13.7. The van der Waals surface area contributed by atoms with Crippen molar-refractivity contribution >= 4 is 23.6 Å². The van der Waals surface area contributed by atoms with E-state index in [4.69, 9.17) is 4.74 Å². The Bertz CT molecular complexity index is 990. The molecule has 0 aromatic rings. The van der Waals surface area contributed by atoms with Gasteiger partial charge in [-0.05, 0) is 74.2 Å². The summed E-state index contributed by atoms with van der Waals surface area (Å²) in [5.41, 5.74) is 1.39. The van der Waals surface area contributed by atoms with E-state index in [1.807, 2.05) is 6.08 Å². The largest absolute Gasteiger partial charge is 0.480 e. The SMILES string of the molecule is C[C@]12CC[C@H]3[C@@H](CCC4=CC(=O)CC[C@@]43C)[C@@H]1CC[C@H]2OC(=O)CCC(=O)N1C[C@H](O)C[C@H]1C(=O)O. The molecule has 0 unspecified atom stereocenters. The number of fused-ring (bicyclic) bond motifs is 5. The lowest BCUT2D eigenvalue weighted by atomic mass is 9.47. The number of allylic oxidation sites excluding steroid dienone is 1. The summed E-state index contributed by atoms with van der Waals surface area (Å²) in [5, 5.41) is 19.1.